The SMILES string of the molecule is CC(C(=O)Nc1ccc(NCc2ccccc2F)nc1)N1C(=O)c2ccccc2C1=O. The molecule has 31 heavy (non-hydrogen) atoms. The number of aromatic nitrogens is 1. The van der Waals surface area contributed by atoms with Gasteiger partial charge in [-0.15, -0.1) is 0 Å². The summed E-state index contributed by atoms with van der Waals surface area (Å²) in [5.74, 6) is -1.29. The molecule has 7 nitrogen and oxygen atoms in total. The van der Waals surface area contributed by atoms with Crippen LogP contribution in [0.5, 0.6) is 0 Å². The Morgan fingerprint density at radius 2 is 1.65 bits per heavy atom. The summed E-state index contributed by atoms with van der Waals surface area (Å²) in [5.41, 5.74) is 1.50. The van der Waals surface area contributed by atoms with Crippen molar-refractivity contribution < 1.29 is 18.8 Å². The van der Waals surface area contributed by atoms with Gasteiger partial charge in [-0.25, -0.2) is 9.37 Å². The Morgan fingerprint density at radius 1 is 1.00 bits per heavy atom. The summed E-state index contributed by atoms with van der Waals surface area (Å²) < 4.78 is 13.7. The number of carbonyl (C=O) groups excluding carboxylic acids is 3. The predicted octanol–water partition coefficient (Wildman–Crippen LogP) is 3.46. The average molecular weight is 418 g/mol. The molecule has 156 valence electrons. The molecular formula is C23H19FN4O3. The third-order valence-electron chi connectivity index (χ3n) is 5.04. The van der Waals surface area contributed by atoms with E-state index in [1.165, 1.54) is 19.2 Å². The average Bonchev–Trinajstić information content (AvgIpc) is 3.04. The number of nitrogens with one attached hydrogen (secondary N) is 2. The topological polar surface area (TPSA) is 91.4 Å². The minimum atomic E-state index is -0.994. The molecule has 0 radical (unpaired) electrons. The van der Waals surface area contributed by atoms with E-state index in [1.807, 2.05) is 0 Å². The molecule has 0 saturated carbocycles. The molecule has 2 heterocycles. The lowest BCUT2D eigenvalue weighted by atomic mass is 10.1. The summed E-state index contributed by atoms with van der Waals surface area (Å²) in [7, 11) is 0. The van der Waals surface area contributed by atoms with E-state index in [0.29, 0.717) is 28.2 Å². The quantitative estimate of drug-likeness (QED) is 0.599. The fraction of sp³-hybridized carbons (Fsp3) is 0.130. The van der Waals surface area contributed by atoms with Crippen molar-refractivity contribution >= 4 is 29.2 Å². The van der Waals surface area contributed by atoms with E-state index in [0.717, 1.165) is 4.90 Å². The summed E-state index contributed by atoms with van der Waals surface area (Å²) in [5, 5.41) is 5.67. The van der Waals surface area contributed by atoms with Crippen LogP contribution in [0.2, 0.25) is 0 Å². The first-order valence-electron chi connectivity index (χ1n) is 9.67. The molecule has 1 unspecified atom stereocenters. The summed E-state index contributed by atoms with van der Waals surface area (Å²) in [4.78, 5) is 42.9. The second kappa shape index (κ2) is 8.35. The number of hydrogen-bond donors (Lipinski definition) is 2. The second-order valence-electron chi connectivity index (χ2n) is 7.07. The van der Waals surface area contributed by atoms with Gasteiger partial charge in [-0.3, -0.25) is 19.3 Å². The fourth-order valence-electron chi connectivity index (χ4n) is 3.32. The van der Waals surface area contributed by atoms with Gasteiger partial charge in [0.1, 0.15) is 17.7 Å². The van der Waals surface area contributed by atoms with Crippen LogP contribution in [0, 0.1) is 5.82 Å². The van der Waals surface area contributed by atoms with Gasteiger partial charge < -0.3 is 10.6 Å². The highest BCUT2D eigenvalue weighted by atomic mass is 19.1. The molecular weight excluding hydrogens is 399 g/mol. The monoisotopic (exact) mass is 418 g/mol. The highest BCUT2D eigenvalue weighted by molar-refractivity contribution is 6.23. The summed E-state index contributed by atoms with van der Waals surface area (Å²) in [6.45, 7) is 1.76. The molecule has 0 aliphatic carbocycles. The Morgan fingerprint density at radius 3 is 2.26 bits per heavy atom. The fourth-order valence-corrected chi connectivity index (χ4v) is 3.32. The zero-order valence-electron chi connectivity index (χ0n) is 16.6. The van der Waals surface area contributed by atoms with Gasteiger partial charge in [0.2, 0.25) is 5.91 Å². The molecule has 8 heteroatoms. The number of fused-ring (bicyclic) bond motifs is 1. The van der Waals surface area contributed by atoms with Crippen molar-refractivity contribution in [3.8, 4) is 0 Å². The lowest BCUT2D eigenvalue weighted by Gasteiger charge is -2.21. The first kappa shape index (κ1) is 20.2. The maximum atomic E-state index is 13.7. The molecule has 1 aromatic heterocycles. The highest BCUT2D eigenvalue weighted by Gasteiger charge is 2.40. The van der Waals surface area contributed by atoms with Crippen LogP contribution in [0.3, 0.4) is 0 Å². The summed E-state index contributed by atoms with van der Waals surface area (Å²) >= 11 is 0. The van der Waals surface area contributed by atoms with Gasteiger partial charge in [0.25, 0.3) is 11.8 Å². The lowest BCUT2D eigenvalue weighted by molar-refractivity contribution is -0.119. The molecule has 0 saturated heterocycles. The smallest absolute Gasteiger partial charge is 0.262 e. The normalized spacial score (nSPS) is 13.7. The van der Waals surface area contributed by atoms with Crippen molar-refractivity contribution in [2.24, 2.45) is 0 Å². The molecule has 0 fully saturated rings. The van der Waals surface area contributed by atoms with Gasteiger partial charge in [-0.2, -0.15) is 0 Å². The van der Waals surface area contributed by atoms with E-state index >= 15 is 0 Å². The standard InChI is InChI=1S/C23H19FN4O3/c1-14(28-22(30)17-7-3-4-8-18(17)23(28)31)21(29)27-16-10-11-20(26-13-16)25-12-15-6-2-5-9-19(15)24/h2-11,13-14H,12H2,1H3,(H,25,26)(H,27,29). The van der Waals surface area contributed by atoms with E-state index in [-0.39, 0.29) is 12.4 Å². The van der Waals surface area contributed by atoms with Crippen LogP contribution in [0.4, 0.5) is 15.9 Å². The number of benzene rings is 2. The second-order valence-corrected chi connectivity index (χ2v) is 7.07. The molecule has 1 aliphatic heterocycles. The van der Waals surface area contributed by atoms with Gasteiger partial charge in [-0.1, -0.05) is 30.3 Å². The Labute approximate surface area is 177 Å². The Hall–Kier alpha value is -4.07. The summed E-state index contributed by atoms with van der Waals surface area (Å²) in [6.07, 6.45) is 1.44. The lowest BCUT2D eigenvalue weighted by Crippen LogP contribution is -2.45. The van der Waals surface area contributed by atoms with Crippen molar-refractivity contribution in [3.05, 3.63) is 89.4 Å². The third kappa shape index (κ3) is 4.00. The van der Waals surface area contributed by atoms with E-state index in [2.05, 4.69) is 15.6 Å². The maximum Gasteiger partial charge on any atom is 0.262 e. The van der Waals surface area contributed by atoms with Crippen LogP contribution in [-0.2, 0) is 11.3 Å². The number of rotatable bonds is 6. The Balaban J connectivity index is 1.38. The van der Waals surface area contributed by atoms with E-state index in [9.17, 15) is 18.8 Å². The number of pyridine rings is 1. The number of imide groups is 1. The van der Waals surface area contributed by atoms with Gasteiger partial charge >= 0.3 is 0 Å². The van der Waals surface area contributed by atoms with E-state index in [4.69, 9.17) is 0 Å². The molecule has 2 N–H and O–H groups in total. The van der Waals surface area contributed by atoms with Crippen LogP contribution in [0.1, 0.15) is 33.2 Å². The number of nitrogens with zero attached hydrogens (tertiary/aromatic N) is 2. The minimum Gasteiger partial charge on any atom is -0.366 e. The number of halogens is 1. The molecule has 0 spiro atoms. The molecule has 0 bridgehead atoms. The largest absolute Gasteiger partial charge is 0.366 e. The van der Waals surface area contributed by atoms with Gasteiger partial charge in [0.05, 0.1) is 23.0 Å². The van der Waals surface area contributed by atoms with E-state index < -0.39 is 23.8 Å². The first-order chi connectivity index (χ1) is 15.0. The van der Waals surface area contributed by atoms with Crippen molar-refractivity contribution in [1.82, 2.24) is 9.88 Å². The van der Waals surface area contributed by atoms with Gasteiger partial charge in [0, 0.05) is 12.1 Å². The maximum absolute atomic E-state index is 13.7. The zero-order chi connectivity index (χ0) is 22.0. The zero-order valence-corrected chi connectivity index (χ0v) is 16.6. The highest BCUT2D eigenvalue weighted by Crippen LogP contribution is 2.25. The Bertz CT molecular complexity index is 1130. The summed E-state index contributed by atoms with van der Waals surface area (Å²) in [6, 6.07) is 15.2. The third-order valence-corrected chi connectivity index (χ3v) is 5.04. The van der Waals surface area contributed by atoms with Crippen LogP contribution in [0.25, 0.3) is 0 Å². The number of hydrogen-bond acceptors (Lipinski definition) is 5. The Kier molecular flexibility index (Phi) is 5.44. The molecule has 1 atom stereocenters. The van der Waals surface area contributed by atoms with E-state index in [1.54, 1.807) is 54.6 Å². The molecule has 2 aromatic carbocycles. The van der Waals surface area contributed by atoms with Crippen LogP contribution >= 0.6 is 0 Å². The van der Waals surface area contributed by atoms with Crippen LogP contribution in [-0.4, -0.2) is 33.6 Å². The van der Waals surface area contributed by atoms with Crippen LogP contribution < -0.4 is 10.6 Å². The number of amides is 3. The molecule has 3 aromatic rings. The molecule has 3 amide bonds. The van der Waals surface area contributed by atoms with Gasteiger partial charge in [0.15, 0.2) is 0 Å². The van der Waals surface area contributed by atoms with Crippen molar-refractivity contribution in [2.45, 2.75) is 19.5 Å². The first-order valence-corrected chi connectivity index (χ1v) is 9.67. The predicted molar refractivity (Wildman–Crippen MR) is 113 cm³/mol. The van der Waals surface area contributed by atoms with Crippen molar-refractivity contribution in [3.63, 3.8) is 0 Å². The van der Waals surface area contributed by atoms with Gasteiger partial charge in [-0.05, 0) is 37.3 Å². The molecule has 4 rings (SSSR count). The molecule has 1 aliphatic rings. The number of anilines is 2. The number of carbonyl (C=O) groups is 3. The van der Waals surface area contributed by atoms with Crippen LogP contribution in [0.15, 0.2) is 66.9 Å². The minimum absolute atomic E-state index is 0.266. The van der Waals surface area contributed by atoms with Crippen molar-refractivity contribution in [1.29, 1.82) is 0 Å². The van der Waals surface area contributed by atoms with Crippen molar-refractivity contribution in [2.75, 3.05) is 10.6 Å².